The van der Waals surface area contributed by atoms with E-state index in [9.17, 15) is 9.50 Å². The molecule has 1 atom stereocenters. The van der Waals surface area contributed by atoms with E-state index in [-0.39, 0.29) is 11.9 Å². The molecule has 0 aliphatic carbocycles. The molecule has 2 heterocycles. The van der Waals surface area contributed by atoms with Gasteiger partial charge in [-0.25, -0.2) is 9.37 Å². The Morgan fingerprint density at radius 1 is 1.23 bits per heavy atom. The number of aromatic nitrogens is 1. The van der Waals surface area contributed by atoms with Crippen molar-refractivity contribution >= 4 is 16.6 Å². The summed E-state index contributed by atoms with van der Waals surface area (Å²) >= 11 is 0. The average molecular weight is 303 g/mol. The third kappa shape index (κ3) is 3.20. The number of hydrogen-bond acceptors (Lipinski definition) is 4. The number of hydrogen-bond donors (Lipinski definition) is 1. The molecule has 1 aromatic heterocycles. The Kier molecular flexibility index (Phi) is 4.55. The molecule has 3 rings (SSSR count). The van der Waals surface area contributed by atoms with Gasteiger partial charge in [0, 0.05) is 44.3 Å². The number of pyridine rings is 1. The van der Waals surface area contributed by atoms with Gasteiger partial charge in [-0.05, 0) is 30.0 Å². The molecule has 1 aliphatic rings. The molecule has 5 heteroatoms. The van der Waals surface area contributed by atoms with Gasteiger partial charge in [0.2, 0.25) is 0 Å². The van der Waals surface area contributed by atoms with Crippen LogP contribution in [0.3, 0.4) is 0 Å². The van der Waals surface area contributed by atoms with E-state index in [2.05, 4.69) is 14.8 Å². The van der Waals surface area contributed by atoms with Crippen molar-refractivity contribution in [1.29, 1.82) is 0 Å². The van der Waals surface area contributed by atoms with Crippen LogP contribution in [0.2, 0.25) is 0 Å². The Morgan fingerprint density at radius 2 is 2.00 bits per heavy atom. The first-order valence-electron chi connectivity index (χ1n) is 7.87. The summed E-state index contributed by atoms with van der Waals surface area (Å²) in [7, 11) is 0. The highest BCUT2D eigenvalue weighted by atomic mass is 19.1. The van der Waals surface area contributed by atoms with Gasteiger partial charge in [-0.3, -0.25) is 4.90 Å². The second-order valence-electron chi connectivity index (χ2n) is 5.85. The van der Waals surface area contributed by atoms with Gasteiger partial charge >= 0.3 is 0 Å². The third-order valence-electron chi connectivity index (χ3n) is 4.32. The van der Waals surface area contributed by atoms with Crippen LogP contribution in [0.25, 0.3) is 10.8 Å². The summed E-state index contributed by atoms with van der Waals surface area (Å²) < 4.78 is 13.5. The zero-order chi connectivity index (χ0) is 15.5. The highest BCUT2D eigenvalue weighted by Gasteiger charge is 2.21. The van der Waals surface area contributed by atoms with Gasteiger partial charge in [-0.1, -0.05) is 13.0 Å². The van der Waals surface area contributed by atoms with E-state index in [4.69, 9.17) is 0 Å². The minimum Gasteiger partial charge on any atom is -0.392 e. The Labute approximate surface area is 130 Å². The highest BCUT2D eigenvalue weighted by molar-refractivity contribution is 5.92. The number of anilines is 1. The van der Waals surface area contributed by atoms with Crippen LogP contribution < -0.4 is 4.90 Å². The average Bonchev–Trinajstić information content (AvgIpc) is 2.55. The van der Waals surface area contributed by atoms with Crippen LogP contribution in [0, 0.1) is 5.82 Å². The van der Waals surface area contributed by atoms with E-state index < -0.39 is 0 Å². The molecule has 1 N–H and O–H groups in total. The molecule has 1 saturated heterocycles. The Hall–Kier alpha value is -1.72. The number of nitrogens with zero attached hydrogens (tertiary/aromatic N) is 3. The van der Waals surface area contributed by atoms with Crippen molar-refractivity contribution in [3.05, 3.63) is 36.3 Å². The van der Waals surface area contributed by atoms with Crippen LogP contribution in [0.5, 0.6) is 0 Å². The lowest BCUT2D eigenvalue weighted by Gasteiger charge is -2.36. The minimum atomic E-state index is -0.253. The first-order valence-corrected chi connectivity index (χ1v) is 7.87. The number of aliphatic hydroxyl groups excluding tert-OH is 1. The fourth-order valence-electron chi connectivity index (χ4n) is 2.95. The van der Waals surface area contributed by atoms with E-state index in [0.717, 1.165) is 55.7 Å². The third-order valence-corrected chi connectivity index (χ3v) is 4.32. The van der Waals surface area contributed by atoms with E-state index in [1.165, 1.54) is 6.07 Å². The maximum Gasteiger partial charge on any atom is 0.136 e. The molecule has 0 spiro atoms. The molecule has 0 radical (unpaired) electrons. The summed E-state index contributed by atoms with van der Waals surface area (Å²) in [5.41, 5.74) is 0. The SMILES string of the molecule is CCC(O)CN1CCN(c2nccc3ccc(F)cc23)CC1. The molecule has 1 aliphatic heterocycles. The molecular weight excluding hydrogens is 281 g/mol. The fourth-order valence-corrected chi connectivity index (χ4v) is 2.95. The van der Waals surface area contributed by atoms with Gasteiger partial charge < -0.3 is 10.0 Å². The summed E-state index contributed by atoms with van der Waals surface area (Å²) in [6.45, 7) is 6.20. The van der Waals surface area contributed by atoms with Crippen molar-refractivity contribution in [2.75, 3.05) is 37.6 Å². The number of fused-ring (bicyclic) bond motifs is 1. The summed E-state index contributed by atoms with van der Waals surface area (Å²) in [4.78, 5) is 8.94. The van der Waals surface area contributed by atoms with Crippen LogP contribution in [-0.4, -0.2) is 53.8 Å². The lowest BCUT2D eigenvalue weighted by molar-refractivity contribution is 0.106. The summed E-state index contributed by atoms with van der Waals surface area (Å²) in [6.07, 6.45) is 2.31. The second-order valence-corrected chi connectivity index (χ2v) is 5.85. The standard InChI is InChI=1S/C17H22FN3O/c1-2-15(22)12-20-7-9-21(10-8-20)17-16-11-14(18)4-3-13(16)5-6-19-17/h3-6,11,15,22H,2,7-10,12H2,1H3. The predicted molar refractivity (Wildman–Crippen MR) is 86.7 cm³/mol. The van der Waals surface area contributed by atoms with Crippen LogP contribution in [0.15, 0.2) is 30.5 Å². The molecule has 118 valence electrons. The van der Waals surface area contributed by atoms with Gasteiger partial charge in [0.25, 0.3) is 0 Å². The highest BCUT2D eigenvalue weighted by Crippen LogP contribution is 2.26. The topological polar surface area (TPSA) is 39.6 Å². The van der Waals surface area contributed by atoms with E-state index >= 15 is 0 Å². The van der Waals surface area contributed by atoms with E-state index in [0.29, 0.717) is 0 Å². The van der Waals surface area contributed by atoms with Crippen molar-refractivity contribution in [2.45, 2.75) is 19.4 Å². The molecule has 0 bridgehead atoms. The fraction of sp³-hybridized carbons (Fsp3) is 0.471. The molecule has 0 amide bonds. The normalized spacial score (nSPS) is 17.9. The van der Waals surface area contributed by atoms with Gasteiger partial charge in [0.15, 0.2) is 0 Å². The molecule has 1 aromatic carbocycles. The number of β-amino-alcohol motifs (C(OH)–C–C–N with tert-alkyl or cyclic N) is 1. The minimum absolute atomic E-state index is 0.230. The molecule has 1 fully saturated rings. The monoisotopic (exact) mass is 303 g/mol. The molecule has 2 aromatic rings. The van der Waals surface area contributed by atoms with Crippen LogP contribution in [-0.2, 0) is 0 Å². The van der Waals surface area contributed by atoms with E-state index in [1.807, 2.05) is 13.0 Å². The lowest BCUT2D eigenvalue weighted by Crippen LogP contribution is -2.48. The number of aliphatic hydroxyl groups is 1. The smallest absolute Gasteiger partial charge is 0.136 e. The van der Waals surface area contributed by atoms with E-state index in [1.54, 1.807) is 18.3 Å². The van der Waals surface area contributed by atoms with Gasteiger partial charge in [0.05, 0.1) is 6.10 Å². The van der Waals surface area contributed by atoms with Crippen molar-refractivity contribution in [3.8, 4) is 0 Å². The van der Waals surface area contributed by atoms with Crippen molar-refractivity contribution in [3.63, 3.8) is 0 Å². The van der Waals surface area contributed by atoms with Crippen LogP contribution in [0.1, 0.15) is 13.3 Å². The van der Waals surface area contributed by atoms with Crippen LogP contribution in [0.4, 0.5) is 10.2 Å². The van der Waals surface area contributed by atoms with Gasteiger partial charge in [-0.2, -0.15) is 0 Å². The zero-order valence-electron chi connectivity index (χ0n) is 12.9. The second kappa shape index (κ2) is 6.58. The van der Waals surface area contributed by atoms with Crippen molar-refractivity contribution in [1.82, 2.24) is 9.88 Å². The summed E-state index contributed by atoms with van der Waals surface area (Å²) in [5, 5.41) is 11.6. The molecule has 1 unspecified atom stereocenters. The Balaban J connectivity index is 1.75. The molecule has 4 nitrogen and oxygen atoms in total. The molecular formula is C17H22FN3O. The number of halogens is 1. The number of benzene rings is 1. The summed E-state index contributed by atoms with van der Waals surface area (Å²) in [5.74, 6) is 0.624. The quantitative estimate of drug-likeness (QED) is 0.940. The summed E-state index contributed by atoms with van der Waals surface area (Å²) in [6, 6.07) is 6.75. The molecule has 22 heavy (non-hydrogen) atoms. The first kappa shape index (κ1) is 15.2. The van der Waals surface area contributed by atoms with Gasteiger partial charge in [-0.15, -0.1) is 0 Å². The van der Waals surface area contributed by atoms with Gasteiger partial charge in [0.1, 0.15) is 11.6 Å². The number of piperazine rings is 1. The Bertz CT molecular complexity index is 641. The van der Waals surface area contributed by atoms with Crippen LogP contribution >= 0.6 is 0 Å². The maximum atomic E-state index is 13.5. The number of rotatable bonds is 4. The lowest BCUT2D eigenvalue weighted by atomic mass is 10.1. The van der Waals surface area contributed by atoms with Crippen molar-refractivity contribution < 1.29 is 9.50 Å². The zero-order valence-corrected chi connectivity index (χ0v) is 12.9. The largest absolute Gasteiger partial charge is 0.392 e. The maximum absolute atomic E-state index is 13.5. The van der Waals surface area contributed by atoms with Crippen molar-refractivity contribution in [2.24, 2.45) is 0 Å². The Morgan fingerprint density at radius 3 is 2.73 bits per heavy atom. The predicted octanol–water partition coefficient (Wildman–Crippen LogP) is 2.27. The molecule has 0 saturated carbocycles. The first-order chi connectivity index (χ1) is 10.7.